The maximum Gasteiger partial charge on any atom is 0.0546 e. The number of rotatable bonds is 14. The van der Waals surface area contributed by atoms with Crippen molar-refractivity contribution in [3.63, 3.8) is 0 Å². The summed E-state index contributed by atoms with van der Waals surface area (Å²) in [6.45, 7) is 12.2. The zero-order valence-electron chi connectivity index (χ0n) is 71.5. The van der Waals surface area contributed by atoms with E-state index >= 15 is 0 Å². The van der Waals surface area contributed by atoms with Crippen LogP contribution in [0.5, 0.6) is 0 Å². The highest BCUT2D eigenvalue weighted by atomic mass is 15.2. The molecule has 0 bridgehead atoms. The normalized spacial score (nSPS) is 13.5. The van der Waals surface area contributed by atoms with Crippen molar-refractivity contribution < 1.29 is 0 Å². The predicted molar refractivity (Wildman–Crippen MR) is 542 cm³/mol. The Morgan fingerprint density at radius 1 is 0.214 bits per heavy atom. The summed E-state index contributed by atoms with van der Waals surface area (Å²) in [5.41, 5.74) is 23.7. The van der Waals surface area contributed by atoms with Gasteiger partial charge in [-0.2, -0.15) is 0 Å². The average Bonchev–Trinajstić information content (AvgIpc) is 0.691. The standard InChI is InChI=1S/C63H48N2.C59H44N2/c1-4-40-37-59(65(56-31-15-23-43-19-7-11-27-48(43)56)57-32-16-24-44-20-8-12-28-49(44)57)52-39-53-60-45(35-36-63(53,2)3)38-58(51-34-33-50(40)61(52)62(51)60)64(54-29-13-21-41-17-5-9-25-46(41)54)55-30-14-22-42-18-6-10-26-47(42)55;1-59(2)34-33-41-36-53(60(42-21-7-3-8-22-42)43-23-9-4-10-24-43)49-32-31-48-50(56-46-29-17-15-19-39(46)35-40-20-16-18-30-47(40)56)38-54(51-37-52(59)55(41)58(49)57(48)51)61(44-25-11-5-12-26-44)45-27-13-6-14-28-45/h5-34,37-39H,4,35-36H2,1-3H3;3-32,35-38H,33-34H2,1-2H3. The van der Waals surface area contributed by atoms with Crippen molar-refractivity contribution in [2.75, 3.05) is 19.6 Å². The molecule has 0 aromatic heterocycles. The van der Waals surface area contributed by atoms with E-state index in [-0.39, 0.29) is 10.8 Å². The number of benzene rings is 23. The second kappa shape index (κ2) is 29.6. The van der Waals surface area contributed by atoms with Crippen molar-refractivity contribution in [1.29, 1.82) is 0 Å². The van der Waals surface area contributed by atoms with E-state index in [1.165, 1.54) is 214 Å². The average molecular weight is 1610 g/mol. The van der Waals surface area contributed by atoms with Gasteiger partial charge in [-0.3, -0.25) is 0 Å². The number of fused-ring (bicyclic) bond motifs is 6. The zero-order chi connectivity index (χ0) is 84.0. The van der Waals surface area contributed by atoms with Crippen molar-refractivity contribution in [1.82, 2.24) is 0 Å². The van der Waals surface area contributed by atoms with Crippen LogP contribution in [0.4, 0.5) is 68.2 Å². The van der Waals surface area contributed by atoms with E-state index in [2.05, 4.69) is 461 Å². The van der Waals surface area contributed by atoms with Crippen molar-refractivity contribution in [3.05, 3.63) is 434 Å². The predicted octanol–water partition coefficient (Wildman–Crippen LogP) is 34.6. The first-order chi connectivity index (χ1) is 62.0. The van der Waals surface area contributed by atoms with Gasteiger partial charge in [-0.05, 0) is 267 Å². The Balaban J connectivity index is 0.000000141. The van der Waals surface area contributed by atoms with Crippen LogP contribution in [0.1, 0.15) is 75.3 Å². The van der Waals surface area contributed by atoms with Crippen LogP contribution in [0.3, 0.4) is 0 Å². The van der Waals surface area contributed by atoms with Crippen molar-refractivity contribution in [2.45, 2.75) is 77.6 Å². The Labute approximate surface area is 735 Å². The quantitative estimate of drug-likeness (QED) is 0.0795. The molecule has 25 rings (SSSR count). The van der Waals surface area contributed by atoms with Gasteiger partial charge < -0.3 is 19.6 Å². The van der Waals surface area contributed by atoms with Crippen LogP contribution in [0.25, 0.3) is 140 Å². The van der Waals surface area contributed by atoms with Gasteiger partial charge in [0.15, 0.2) is 0 Å². The highest BCUT2D eigenvalue weighted by Crippen LogP contribution is 2.60. The summed E-state index contributed by atoms with van der Waals surface area (Å²) in [6, 6.07) is 152. The molecule has 0 saturated carbocycles. The molecule has 0 N–H and O–H groups in total. The molecule has 2 aliphatic rings. The van der Waals surface area contributed by atoms with Crippen LogP contribution in [0, 0.1) is 0 Å². The molecule has 0 heterocycles. The lowest BCUT2D eigenvalue weighted by Crippen LogP contribution is -2.24. The Morgan fingerprint density at radius 3 is 0.897 bits per heavy atom. The van der Waals surface area contributed by atoms with Gasteiger partial charge in [-0.25, -0.2) is 0 Å². The summed E-state index contributed by atoms with van der Waals surface area (Å²) in [7, 11) is 0. The minimum atomic E-state index is -0.0311. The molecule has 23 aromatic carbocycles. The first-order valence-electron chi connectivity index (χ1n) is 44.9. The maximum atomic E-state index is 2.61. The second-order valence-corrected chi connectivity index (χ2v) is 36.1. The number of hydrogen-bond acceptors (Lipinski definition) is 4. The van der Waals surface area contributed by atoms with Crippen LogP contribution in [0.2, 0.25) is 0 Å². The third-order valence-electron chi connectivity index (χ3n) is 28.1. The van der Waals surface area contributed by atoms with Gasteiger partial charge in [-0.15, -0.1) is 0 Å². The van der Waals surface area contributed by atoms with Gasteiger partial charge in [0, 0.05) is 82.0 Å². The molecule has 23 aromatic rings. The van der Waals surface area contributed by atoms with Gasteiger partial charge in [0.2, 0.25) is 0 Å². The summed E-state index contributed by atoms with van der Waals surface area (Å²) < 4.78 is 0. The fourth-order valence-electron chi connectivity index (χ4n) is 22.1. The molecule has 0 unspecified atom stereocenters. The van der Waals surface area contributed by atoms with Crippen LogP contribution >= 0.6 is 0 Å². The summed E-state index contributed by atoms with van der Waals surface area (Å²) in [5, 5.41) is 30.9. The molecule has 2 aliphatic carbocycles. The number of aryl methyl sites for hydroxylation is 3. The number of hydrogen-bond donors (Lipinski definition) is 0. The zero-order valence-corrected chi connectivity index (χ0v) is 71.5. The summed E-state index contributed by atoms with van der Waals surface area (Å²) >= 11 is 0. The highest BCUT2D eigenvalue weighted by Gasteiger charge is 2.38. The molecule has 0 fully saturated rings. The van der Waals surface area contributed by atoms with Gasteiger partial charge in [0.25, 0.3) is 0 Å². The molecular formula is C122H92N4. The fourth-order valence-corrected chi connectivity index (χ4v) is 22.1. The van der Waals surface area contributed by atoms with Gasteiger partial charge in [-0.1, -0.05) is 326 Å². The van der Waals surface area contributed by atoms with E-state index in [9.17, 15) is 0 Å². The molecular weight excluding hydrogens is 1520 g/mol. The Morgan fingerprint density at radius 2 is 0.516 bits per heavy atom. The first-order valence-corrected chi connectivity index (χ1v) is 44.9. The van der Waals surface area contributed by atoms with E-state index in [1.807, 2.05) is 0 Å². The molecule has 0 saturated heterocycles. The third-order valence-corrected chi connectivity index (χ3v) is 28.1. The topological polar surface area (TPSA) is 13.0 Å². The van der Waals surface area contributed by atoms with Gasteiger partial charge >= 0.3 is 0 Å². The molecule has 0 radical (unpaired) electrons. The van der Waals surface area contributed by atoms with Crippen LogP contribution in [0.15, 0.2) is 406 Å². The van der Waals surface area contributed by atoms with E-state index in [4.69, 9.17) is 0 Å². The summed E-state index contributed by atoms with van der Waals surface area (Å²) in [5.74, 6) is 0. The maximum absolute atomic E-state index is 2.61. The monoisotopic (exact) mass is 1610 g/mol. The Hall–Kier alpha value is -15.1. The molecule has 4 heteroatoms. The lowest BCUT2D eigenvalue weighted by molar-refractivity contribution is 0.475. The molecule has 126 heavy (non-hydrogen) atoms. The highest BCUT2D eigenvalue weighted by molar-refractivity contribution is 6.35. The number of anilines is 12. The fraction of sp³-hybridized carbons (Fsp3) is 0.0984. The smallest absolute Gasteiger partial charge is 0.0546 e. The van der Waals surface area contributed by atoms with E-state index < -0.39 is 0 Å². The molecule has 0 aliphatic heterocycles. The second-order valence-electron chi connectivity index (χ2n) is 36.1. The van der Waals surface area contributed by atoms with E-state index in [0.717, 1.165) is 54.9 Å². The van der Waals surface area contributed by atoms with E-state index in [1.54, 1.807) is 0 Å². The molecule has 0 spiro atoms. The number of nitrogens with zero attached hydrogens (tertiary/aromatic N) is 4. The third kappa shape index (κ3) is 11.9. The Bertz CT molecular complexity index is 7960. The SMILES string of the molecule is CC1(C)CCc2cc(N(c3ccccc3)c3ccccc3)c3ccc4c(-c5c6ccccc6cc6ccccc56)cc(N(c5ccccc5)c5ccccc5)c5cc1c2c3c45.CCc1cc(N(c2cccc3ccccc23)c2cccc3ccccc23)c2cc3c4c(cc(N(c5cccc6ccccc56)c5cccc6ccccc56)c5ccc1c2c54)CCC3(C)C. The lowest BCUT2D eigenvalue weighted by Gasteiger charge is -2.37. The van der Waals surface area contributed by atoms with Crippen LogP contribution < -0.4 is 19.6 Å². The molecule has 0 atom stereocenters. The summed E-state index contributed by atoms with van der Waals surface area (Å²) in [4.78, 5) is 10.2. The molecule has 600 valence electrons. The van der Waals surface area contributed by atoms with Crippen molar-refractivity contribution in [2.24, 2.45) is 0 Å². The van der Waals surface area contributed by atoms with Gasteiger partial charge in [0.1, 0.15) is 0 Å². The lowest BCUT2D eigenvalue weighted by atomic mass is 9.70. The summed E-state index contributed by atoms with van der Waals surface area (Å²) in [6.07, 6.45) is 5.10. The Kier molecular flexibility index (Phi) is 17.5. The van der Waals surface area contributed by atoms with Crippen LogP contribution in [-0.2, 0) is 30.1 Å². The van der Waals surface area contributed by atoms with Crippen LogP contribution in [-0.4, -0.2) is 0 Å². The van der Waals surface area contributed by atoms with Crippen molar-refractivity contribution >= 4 is 198 Å². The minimum absolute atomic E-state index is 0.0219. The molecule has 0 amide bonds. The molecule has 4 nitrogen and oxygen atoms in total. The van der Waals surface area contributed by atoms with Gasteiger partial charge in [0.05, 0.1) is 45.5 Å². The minimum Gasteiger partial charge on any atom is -0.310 e. The first kappa shape index (κ1) is 74.7. The largest absolute Gasteiger partial charge is 0.310 e. The van der Waals surface area contributed by atoms with E-state index in [0.29, 0.717) is 0 Å². The number of para-hydroxylation sites is 4. The van der Waals surface area contributed by atoms with Crippen molar-refractivity contribution in [3.8, 4) is 11.1 Å².